The van der Waals surface area contributed by atoms with Crippen LogP contribution in [0.15, 0.2) is 188 Å². The Bertz CT molecular complexity index is 2950. The lowest BCUT2D eigenvalue weighted by molar-refractivity contribution is 1.08. The Morgan fingerprint density at radius 2 is 0.868 bits per heavy atom. The fourth-order valence-electron chi connectivity index (χ4n) is 7.46. The Hall–Kier alpha value is -6.75. The van der Waals surface area contributed by atoms with Gasteiger partial charge in [-0.15, -0.1) is 11.3 Å². The fraction of sp³-hybridized carbons (Fsp3) is 0. The first-order valence-electron chi connectivity index (χ1n) is 17.8. The second-order valence-electron chi connectivity index (χ2n) is 13.2. The maximum absolute atomic E-state index is 5.37. The second kappa shape index (κ2) is 13.1. The van der Waals surface area contributed by atoms with Gasteiger partial charge in [0, 0.05) is 36.9 Å². The maximum Gasteiger partial charge on any atom is 0.165 e. The van der Waals surface area contributed by atoms with Crippen molar-refractivity contribution in [1.29, 1.82) is 0 Å². The smallest absolute Gasteiger partial charge is 0.165 e. The van der Waals surface area contributed by atoms with Crippen molar-refractivity contribution in [1.82, 2.24) is 15.0 Å². The highest BCUT2D eigenvalue weighted by atomic mass is 32.1. The Balaban J connectivity index is 1.22. The molecule has 0 N–H and O–H groups in total. The molecule has 0 fully saturated rings. The highest BCUT2D eigenvalue weighted by Crippen LogP contribution is 2.42. The number of thiophene rings is 1. The summed E-state index contributed by atoms with van der Waals surface area (Å²) in [7, 11) is 0. The predicted octanol–water partition coefficient (Wildman–Crippen LogP) is 13.4. The largest absolute Gasteiger partial charge is 0.208 e. The summed E-state index contributed by atoms with van der Waals surface area (Å²) in [6, 6.07) is 66.3. The molecule has 0 atom stereocenters. The van der Waals surface area contributed by atoms with Crippen LogP contribution >= 0.6 is 11.3 Å². The Morgan fingerprint density at radius 3 is 1.68 bits per heavy atom. The third kappa shape index (κ3) is 5.57. The van der Waals surface area contributed by atoms with Gasteiger partial charge in [0.15, 0.2) is 17.5 Å². The molecule has 0 saturated heterocycles. The molecule has 0 aliphatic carbocycles. The van der Waals surface area contributed by atoms with E-state index in [1.165, 1.54) is 36.9 Å². The van der Waals surface area contributed by atoms with Crippen LogP contribution in [0.4, 0.5) is 0 Å². The van der Waals surface area contributed by atoms with Crippen LogP contribution in [0.25, 0.3) is 98.5 Å². The number of nitrogens with zero attached hydrogens (tertiary/aromatic N) is 3. The quantitative estimate of drug-likeness (QED) is 0.174. The van der Waals surface area contributed by atoms with Crippen LogP contribution in [-0.2, 0) is 0 Å². The van der Waals surface area contributed by atoms with Gasteiger partial charge in [0.1, 0.15) is 0 Å². The molecule has 8 aromatic carbocycles. The van der Waals surface area contributed by atoms with Crippen molar-refractivity contribution in [3.63, 3.8) is 0 Å². The SMILES string of the molecule is c1ccc(-c2nc(-c3c(-c4cccc(-c5ccccc5-c5ccccc5)c4)ccc4ccccc34)nc(-c3cccc4c3sc3ccccc34)n2)cc1. The van der Waals surface area contributed by atoms with Crippen LogP contribution < -0.4 is 0 Å². The normalized spacial score (nSPS) is 11.4. The summed E-state index contributed by atoms with van der Waals surface area (Å²) < 4.78 is 2.42. The minimum atomic E-state index is 0.646. The minimum absolute atomic E-state index is 0.646. The van der Waals surface area contributed by atoms with Crippen LogP contribution in [0.5, 0.6) is 0 Å². The van der Waals surface area contributed by atoms with Crippen molar-refractivity contribution in [2.75, 3.05) is 0 Å². The van der Waals surface area contributed by atoms with E-state index in [1.807, 2.05) is 18.2 Å². The van der Waals surface area contributed by atoms with Gasteiger partial charge < -0.3 is 0 Å². The van der Waals surface area contributed by atoms with E-state index in [0.717, 1.165) is 44.2 Å². The van der Waals surface area contributed by atoms with E-state index in [2.05, 4.69) is 170 Å². The molecule has 0 aliphatic rings. The van der Waals surface area contributed by atoms with Crippen molar-refractivity contribution in [2.24, 2.45) is 0 Å². The second-order valence-corrected chi connectivity index (χ2v) is 14.2. The van der Waals surface area contributed by atoms with Crippen molar-refractivity contribution in [2.45, 2.75) is 0 Å². The van der Waals surface area contributed by atoms with Crippen molar-refractivity contribution < 1.29 is 0 Å². The van der Waals surface area contributed by atoms with E-state index < -0.39 is 0 Å². The van der Waals surface area contributed by atoms with Gasteiger partial charge in [0.25, 0.3) is 0 Å². The van der Waals surface area contributed by atoms with Gasteiger partial charge in [-0.05, 0) is 62.4 Å². The minimum Gasteiger partial charge on any atom is -0.208 e. The summed E-state index contributed by atoms with van der Waals surface area (Å²) in [5.74, 6) is 1.96. The fourth-order valence-corrected chi connectivity index (χ4v) is 8.67. The van der Waals surface area contributed by atoms with Crippen LogP contribution in [0.2, 0.25) is 0 Å². The van der Waals surface area contributed by atoms with Gasteiger partial charge >= 0.3 is 0 Å². The van der Waals surface area contributed by atoms with Gasteiger partial charge in [-0.25, -0.2) is 15.0 Å². The number of hydrogen-bond acceptors (Lipinski definition) is 4. The Morgan fingerprint density at radius 1 is 0.321 bits per heavy atom. The third-order valence-electron chi connectivity index (χ3n) is 9.96. The van der Waals surface area contributed by atoms with E-state index in [1.54, 1.807) is 11.3 Å². The lowest BCUT2D eigenvalue weighted by Gasteiger charge is -2.16. The highest BCUT2D eigenvalue weighted by Gasteiger charge is 2.21. The third-order valence-corrected chi connectivity index (χ3v) is 11.2. The van der Waals surface area contributed by atoms with Crippen LogP contribution in [0, 0.1) is 0 Å². The highest BCUT2D eigenvalue weighted by molar-refractivity contribution is 7.26. The van der Waals surface area contributed by atoms with E-state index in [4.69, 9.17) is 15.0 Å². The molecule has 2 aromatic heterocycles. The molecular weight excluding hydrogens is 663 g/mol. The van der Waals surface area contributed by atoms with Crippen molar-refractivity contribution >= 4 is 42.3 Å². The summed E-state index contributed by atoms with van der Waals surface area (Å²) in [5, 5.41) is 4.68. The van der Waals surface area contributed by atoms with E-state index in [9.17, 15) is 0 Å². The summed E-state index contributed by atoms with van der Waals surface area (Å²) >= 11 is 1.79. The molecule has 4 heteroatoms. The molecule has 0 amide bonds. The lowest BCUT2D eigenvalue weighted by Crippen LogP contribution is -2.02. The summed E-state index contributed by atoms with van der Waals surface area (Å²) in [6.45, 7) is 0. The molecule has 10 aromatic rings. The molecule has 0 aliphatic heterocycles. The number of aromatic nitrogens is 3. The first-order valence-corrected chi connectivity index (χ1v) is 18.6. The molecule has 3 nitrogen and oxygen atoms in total. The zero-order chi connectivity index (χ0) is 35.1. The van der Waals surface area contributed by atoms with E-state index >= 15 is 0 Å². The molecule has 0 saturated carbocycles. The zero-order valence-corrected chi connectivity index (χ0v) is 29.5. The van der Waals surface area contributed by atoms with Crippen LogP contribution in [-0.4, -0.2) is 15.0 Å². The average molecular weight is 694 g/mol. The number of benzene rings is 8. The topological polar surface area (TPSA) is 38.7 Å². The van der Waals surface area contributed by atoms with Gasteiger partial charge in [0.05, 0.1) is 0 Å². The number of fused-ring (bicyclic) bond motifs is 4. The van der Waals surface area contributed by atoms with Gasteiger partial charge in [-0.3, -0.25) is 0 Å². The molecule has 10 rings (SSSR count). The van der Waals surface area contributed by atoms with Gasteiger partial charge in [0.2, 0.25) is 0 Å². The standard InChI is InChI=1S/C49H31N3S/c1-3-15-32(16-4-1)37-22-9-10-23-38(37)35-20-13-21-36(31-35)40-30-29-33-17-7-8-24-39(33)45(40)49-51-47(34-18-5-2-6-19-34)50-48(52-49)43-27-14-26-42-41-25-11-12-28-44(41)53-46(42)43/h1-31H. The summed E-state index contributed by atoms with van der Waals surface area (Å²) in [4.78, 5) is 15.8. The Kier molecular flexibility index (Phi) is 7.67. The Labute approximate surface area is 311 Å². The average Bonchev–Trinajstić information content (AvgIpc) is 3.63. The first-order chi connectivity index (χ1) is 26.3. The number of rotatable bonds is 6. The van der Waals surface area contributed by atoms with Gasteiger partial charge in [-0.1, -0.05) is 170 Å². The van der Waals surface area contributed by atoms with Crippen LogP contribution in [0.1, 0.15) is 0 Å². The molecule has 53 heavy (non-hydrogen) atoms. The monoisotopic (exact) mass is 693 g/mol. The number of hydrogen-bond donors (Lipinski definition) is 0. The molecule has 248 valence electrons. The molecule has 0 bridgehead atoms. The molecular formula is C49H31N3S. The van der Waals surface area contributed by atoms with Crippen molar-refractivity contribution in [3.05, 3.63) is 188 Å². The zero-order valence-electron chi connectivity index (χ0n) is 28.6. The molecule has 0 radical (unpaired) electrons. The van der Waals surface area contributed by atoms with Crippen LogP contribution in [0.3, 0.4) is 0 Å². The lowest BCUT2D eigenvalue weighted by atomic mass is 9.90. The predicted molar refractivity (Wildman–Crippen MR) is 223 cm³/mol. The molecule has 0 unspecified atom stereocenters. The first kappa shape index (κ1) is 31.0. The van der Waals surface area contributed by atoms with E-state index in [0.29, 0.717) is 17.5 Å². The summed E-state index contributed by atoms with van der Waals surface area (Å²) in [5.41, 5.74) is 9.84. The van der Waals surface area contributed by atoms with Gasteiger partial charge in [-0.2, -0.15) is 0 Å². The molecule has 0 spiro atoms. The maximum atomic E-state index is 5.37. The summed E-state index contributed by atoms with van der Waals surface area (Å²) in [6.07, 6.45) is 0. The van der Waals surface area contributed by atoms with E-state index in [-0.39, 0.29) is 0 Å². The van der Waals surface area contributed by atoms with Crippen molar-refractivity contribution in [3.8, 4) is 67.5 Å². The molecule has 2 heterocycles.